The Hall–Kier alpha value is -1.88. The Bertz CT molecular complexity index is 587. The van der Waals surface area contributed by atoms with Crippen molar-refractivity contribution in [3.63, 3.8) is 0 Å². The first-order chi connectivity index (χ1) is 9.22. The second-order valence-electron chi connectivity index (χ2n) is 3.72. The Morgan fingerprint density at radius 3 is 2.84 bits per heavy atom. The lowest BCUT2D eigenvalue weighted by atomic mass is 10.2. The normalized spacial score (nSPS) is 10.0. The first kappa shape index (κ1) is 13.5. The van der Waals surface area contributed by atoms with E-state index >= 15 is 0 Å². The molecule has 1 amide bonds. The van der Waals surface area contributed by atoms with Gasteiger partial charge in [-0.05, 0) is 47.1 Å². The van der Waals surface area contributed by atoms with E-state index in [1.165, 1.54) is 0 Å². The maximum absolute atomic E-state index is 12.1. The zero-order chi connectivity index (χ0) is 13.7. The van der Waals surface area contributed by atoms with E-state index in [4.69, 9.17) is 4.74 Å². The van der Waals surface area contributed by atoms with Crippen LogP contribution in [0.2, 0.25) is 0 Å². The highest BCUT2D eigenvalue weighted by atomic mass is 79.9. The molecular weight excluding hydrogens is 308 g/mol. The summed E-state index contributed by atoms with van der Waals surface area (Å²) in [5.74, 6) is 0.366. The maximum atomic E-state index is 12.1. The molecule has 0 aliphatic carbocycles. The summed E-state index contributed by atoms with van der Waals surface area (Å²) in [6, 6.07) is 10.8. The lowest BCUT2D eigenvalue weighted by molar-refractivity contribution is 0.102. The standard InChI is InChI=1S/C14H13BrN2O2/c1-2-19-12-8-4-3-7-11(12)17-14(18)13-10(15)6-5-9-16-13/h3-9H,2H2,1H3,(H,17,18). The highest BCUT2D eigenvalue weighted by molar-refractivity contribution is 9.10. The minimum atomic E-state index is -0.278. The van der Waals surface area contributed by atoms with Crippen molar-refractivity contribution in [3.8, 4) is 5.75 Å². The second-order valence-corrected chi connectivity index (χ2v) is 4.57. The van der Waals surface area contributed by atoms with Crippen molar-refractivity contribution in [1.82, 2.24) is 4.98 Å². The zero-order valence-corrected chi connectivity index (χ0v) is 12.0. The number of hydrogen-bond acceptors (Lipinski definition) is 3. The van der Waals surface area contributed by atoms with E-state index in [9.17, 15) is 4.79 Å². The molecule has 98 valence electrons. The highest BCUT2D eigenvalue weighted by Gasteiger charge is 2.13. The van der Waals surface area contributed by atoms with Gasteiger partial charge in [-0.15, -0.1) is 0 Å². The van der Waals surface area contributed by atoms with Gasteiger partial charge in [0.05, 0.1) is 12.3 Å². The van der Waals surface area contributed by atoms with Crippen LogP contribution in [-0.2, 0) is 0 Å². The van der Waals surface area contributed by atoms with Crippen molar-refractivity contribution in [2.75, 3.05) is 11.9 Å². The first-order valence-electron chi connectivity index (χ1n) is 5.86. The number of nitrogens with zero attached hydrogens (tertiary/aromatic N) is 1. The first-order valence-corrected chi connectivity index (χ1v) is 6.65. The van der Waals surface area contributed by atoms with Crippen LogP contribution in [-0.4, -0.2) is 17.5 Å². The molecule has 0 unspecified atom stereocenters. The van der Waals surface area contributed by atoms with Gasteiger partial charge in [0.1, 0.15) is 11.4 Å². The number of nitrogens with one attached hydrogen (secondary N) is 1. The molecule has 5 heteroatoms. The van der Waals surface area contributed by atoms with Crippen molar-refractivity contribution in [2.45, 2.75) is 6.92 Å². The molecule has 2 aromatic rings. The Balaban J connectivity index is 2.22. The SMILES string of the molecule is CCOc1ccccc1NC(=O)c1ncccc1Br. The monoisotopic (exact) mass is 320 g/mol. The van der Waals surface area contributed by atoms with Gasteiger partial charge in [0.15, 0.2) is 0 Å². The lowest BCUT2D eigenvalue weighted by Crippen LogP contribution is -2.15. The van der Waals surface area contributed by atoms with Crippen LogP contribution in [0.3, 0.4) is 0 Å². The van der Waals surface area contributed by atoms with Crippen LogP contribution in [0.25, 0.3) is 0 Å². The van der Waals surface area contributed by atoms with E-state index in [0.29, 0.717) is 28.2 Å². The van der Waals surface area contributed by atoms with E-state index in [0.717, 1.165) is 0 Å². The van der Waals surface area contributed by atoms with Gasteiger partial charge < -0.3 is 10.1 Å². The molecule has 0 saturated heterocycles. The summed E-state index contributed by atoms with van der Waals surface area (Å²) in [4.78, 5) is 16.2. The molecule has 0 radical (unpaired) electrons. The van der Waals surface area contributed by atoms with Crippen LogP contribution < -0.4 is 10.1 Å². The van der Waals surface area contributed by atoms with Gasteiger partial charge >= 0.3 is 0 Å². The average Bonchev–Trinajstić information content (AvgIpc) is 2.41. The predicted octanol–water partition coefficient (Wildman–Crippen LogP) is 3.50. The van der Waals surface area contributed by atoms with Gasteiger partial charge in [-0.2, -0.15) is 0 Å². The lowest BCUT2D eigenvalue weighted by Gasteiger charge is -2.11. The second kappa shape index (κ2) is 6.33. The molecule has 0 atom stereocenters. The van der Waals surface area contributed by atoms with E-state index in [1.807, 2.05) is 25.1 Å². The van der Waals surface area contributed by atoms with Gasteiger partial charge in [-0.3, -0.25) is 4.79 Å². The summed E-state index contributed by atoms with van der Waals surface area (Å²) in [7, 11) is 0. The van der Waals surface area contributed by atoms with Gasteiger partial charge in [-0.1, -0.05) is 12.1 Å². The van der Waals surface area contributed by atoms with E-state index in [-0.39, 0.29) is 5.91 Å². The smallest absolute Gasteiger partial charge is 0.275 e. The van der Waals surface area contributed by atoms with Gasteiger partial charge in [0, 0.05) is 10.7 Å². The highest BCUT2D eigenvalue weighted by Crippen LogP contribution is 2.25. The van der Waals surface area contributed by atoms with Gasteiger partial charge in [0.2, 0.25) is 0 Å². The van der Waals surface area contributed by atoms with Crippen LogP contribution in [0.4, 0.5) is 5.69 Å². The minimum Gasteiger partial charge on any atom is -0.492 e. The third kappa shape index (κ3) is 3.32. The summed E-state index contributed by atoms with van der Waals surface area (Å²) in [6.07, 6.45) is 1.58. The molecular formula is C14H13BrN2O2. The number of halogens is 1. The number of pyridine rings is 1. The Labute approximate surface area is 119 Å². The van der Waals surface area contributed by atoms with Crippen LogP contribution >= 0.6 is 15.9 Å². The molecule has 0 aliphatic heterocycles. The zero-order valence-electron chi connectivity index (χ0n) is 10.4. The summed E-state index contributed by atoms with van der Waals surface area (Å²) in [5.41, 5.74) is 0.973. The summed E-state index contributed by atoms with van der Waals surface area (Å²) < 4.78 is 6.11. The number of benzene rings is 1. The molecule has 4 nitrogen and oxygen atoms in total. The quantitative estimate of drug-likeness (QED) is 0.938. The number of ether oxygens (including phenoxy) is 1. The summed E-state index contributed by atoms with van der Waals surface area (Å²) in [5, 5.41) is 2.80. The van der Waals surface area contributed by atoms with Crippen LogP contribution in [0, 0.1) is 0 Å². The largest absolute Gasteiger partial charge is 0.492 e. The molecule has 1 aromatic heterocycles. The summed E-state index contributed by atoms with van der Waals surface area (Å²) >= 11 is 3.30. The maximum Gasteiger partial charge on any atom is 0.275 e. The van der Waals surface area contributed by atoms with E-state index < -0.39 is 0 Å². The third-order valence-corrected chi connectivity index (χ3v) is 3.05. The minimum absolute atomic E-state index is 0.278. The number of rotatable bonds is 4. The molecule has 0 aliphatic rings. The predicted molar refractivity (Wildman–Crippen MR) is 77.5 cm³/mol. The van der Waals surface area contributed by atoms with E-state index in [1.54, 1.807) is 24.4 Å². The number of aromatic nitrogens is 1. The Kier molecular flexibility index (Phi) is 4.52. The molecule has 0 fully saturated rings. The van der Waals surface area contributed by atoms with Crippen LogP contribution in [0.1, 0.15) is 17.4 Å². The number of hydrogen-bond donors (Lipinski definition) is 1. The summed E-state index contributed by atoms with van der Waals surface area (Å²) in [6.45, 7) is 2.44. The van der Waals surface area contributed by atoms with E-state index in [2.05, 4.69) is 26.2 Å². The van der Waals surface area contributed by atoms with Gasteiger partial charge in [-0.25, -0.2) is 4.98 Å². The number of amides is 1. The van der Waals surface area contributed by atoms with Crippen molar-refractivity contribution in [2.24, 2.45) is 0 Å². The average molecular weight is 321 g/mol. The fraction of sp³-hybridized carbons (Fsp3) is 0.143. The Morgan fingerprint density at radius 1 is 1.32 bits per heavy atom. The Morgan fingerprint density at radius 2 is 2.11 bits per heavy atom. The van der Waals surface area contributed by atoms with Crippen molar-refractivity contribution >= 4 is 27.5 Å². The number of anilines is 1. The number of para-hydroxylation sites is 2. The van der Waals surface area contributed by atoms with Crippen molar-refractivity contribution in [1.29, 1.82) is 0 Å². The number of carbonyl (C=O) groups is 1. The van der Waals surface area contributed by atoms with Crippen LogP contribution in [0.5, 0.6) is 5.75 Å². The van der Waals surface area contributed by atoms with Crippen molar-refractivity contribution in [3.05, 3.63) is 52.8 Å². The fourth-order valence-electron chi connectivity index (χ4n) is 1.59. The third-order valence-electron chi connectivity index (χ3n) is 2.41. The molecule has 1 heterocycles. The van der Waals surface area contributed by atoms with Crippen molar-refractivity contribution < 1.29 is 9.53 Å². The molecule has 19 heavy (non-hydrogen) atoms. The molecule has 1 N–H and O–H groups in total. The topological polar surface area (TPSA) is 51.2 Å². The number of carbonyl (C=O) groups excluding carboxylic acids is 1. The molecule has 2 rings (SSSR count). The molecule has 0 spiro atoms. The molecule has 0 bridgehead atoms. The molecule has 1 aromatic carbocycles. The fourth-order valence-corrected chi connectivity index (χ4v) is 2.02. The molecule has 0 saturated carbocycles. The van der Waals surface area contributed by atoms with Crippen LogP contribution in [0.15, 0.2) is 47.1 Å². The van der Waals surface area contributed by atoms with Gasteiger partial charge in [0.25, 0.3) is 5.91 Å².